The summed E-state index contributed by atoms with van der Waals surface area (Å²) in [6.07, 6.45) is 3.58. The van der Waals surface area contributed by atoms with Crippen LogP contribution >= 0.6 is 0 Å². The Labute approximate surface area is 67.3 Å². The molecule has 0 aliphatic carbocycles. The van der Waals surface area contributed by atoms with Gasteiger partial charge in [-0.05, 0) is 0 Å². The van der Waals surface area contributed by atoms with E-state index in [0.717, 1.165) is 13.1 Å². The highest BCUT2D eigenvalue weighted by Crippen LogP contribution is 1.82. The summed E-state index contributed by atoms with van der Waals surface area (Å²) >= 11 is 0. The molecule has 11 heavy (non-hydrogen) atoms. The average molecular weight is 156 g/mol. The minimum Gasteiger partial charge on any atom is -0.395 e. The molecule has 0 aliphatic rings. The molecule has 0 atom stereocenters. The monoisotopic (exact) mass is 156 g/mol. The number of aliphatic hydroxyl groups excluding tert-OH is 1. The highest BCUT2D eigenvalue weighted by Gasteiger charge is 1.87. The van der Waals surface area contributed by atoms with Gasteiger partial charge in [0.15, 0.2) is 0 Å². The molecule has 1 heterocycles. The third kappa shape index (κ3) is 3.15. The lowest BCUT2D eigenvalue weighted by Crippen LogP contribution is -2.22. The summed E-state index contributed by atoms with van der Waals surface area (Å²) in [5, 5.41) is 11.5. The number of hydrogen-bond acceptors (Lipinski definition) is 3. The molecule has 0 spiro atoms. The number of nitrogens with one attached hydrogen (secondary N) is 1. The van der Waals surface area contributed by atoms with E-state index in [-0.39, 0.29) is 12.8 Å². The van der Waals surface area contributed by atoms with Gasteiger partial charge in [0.25, 0.3) is 0 Å². The maximum atomic E-state index is 8.46. The second-order valence-electron chi connectivity index (χ2n) is 2.21. The second kappa shape index (κ2) is 4.87. The largest absolute Gasteiger partial charge is 0.395 e. The Hall–Kier alpha value is -0.870. The molecule has 1 aromatic rings. The molecule has 0 saturated heterocycles. The summed E-state index contributed by atoms with van der Waals surface area (Å²) < 4.78 is 8.98. The molecule has 0 radical (unpaired) electrons. The summed E-state index contributed by atoms with van der Waals surface area (Å²) in [5.41, 5.74) is 0. The van der Waals surface area contributed by atoms with Gasteiger partial charge in [0, 0.05) is 32.0 Å². The van der Waals surface area contributed by atoms with E-state index in [1.54, 1.807) is 12.5 Å². The highest BCUT2D eigenvalue weighted by atomic mass is 16.3. The predicted octanol–water partition coefficient (Wildman–Crippen LogP) is -0.535. The molecule has 0 aromatic carbocycles. The summed E-state index contributed by atoms with van der Waals surface area (Å²) in [6, 6.07) is 0. The van der Waals surface area contributed by atoms with Gasteiger partial charge in [-0.2, -0.15) is 0 Å². The Morgan fingerprint density at radius 2 is 2.55 bits per heavy atom. The van der Waals surface area contributed by atoms with Gasteiger partial charge in [0.1, 0.15) is 0 Å². The van der Waals surface area contributed by atoms with Crippen LogP contribution in [0.1, 0.15) is 1.37 Å². The van der Waals surface area contributed by atoms with Crippen LogP contribution in [0.2, 0.25) is 0 Å². The Morgan fingerprint density at radius 3 is 3.18 bits per heavy atom. The van der Waals surface area contributed by atoms with Gasteiger partial charge in [-0.3, -0.25) is 0 Å². The maximum Gasteiger partial charge on any atom is 0.0946 e. The smallest absolute Gasteiger partial charge is 0.0946 e. The molecule has 0 amide bonds. The van der Waals surface area contributed by atoms with Crippen LogP contribution < -0.4 is 5.32 Å². The first-order chi connectivity index (χ1) is 5.83. The van der Waals surface area contributed by atoms with Crippen molar-refractivity contribution in [3.05, 3.63) is 18.7 Å². The zero-order valence-electron chi connectivity index (χ0n) is 7.32. The van der Waals surface area contributed by atoms with E-state index < -0.39 is 0 Å². The normalized spacial score (nSPS) is 11.5. The van der Waals surface area contributed by atoms with Crippen molar-refractivity contribution < 1.29 is 6.48 Å². The molecule has 1 rings (SSSR count). The Bertz CT molecular complexity index is 226. The van der Waals surface area contributed by atoms with E-state index >= 15 is 0 Å². The Kier molecular flexibility index (Phi) is 3.02. The van der Waals surface area contributed by atoms with E-state index in [9.17, 15) is 0 Å². The van der Waals surface area contributed by atoms with Gasteiger partial charge in [-0.25, -0.2) is 4.98 Å². The fourth-order valence-corrected chi connectivity index (χ4v) is 0.783. The first kappa shape index (κ1) is 6.82. The fraction of sp³-hybridized carbons (Fsp3) is 0.571. The molecule has 0 bridgehead atoms. The van der Waals surface area contributed by atoms with Gasteiger partial charge in [-0.1, -0.05) is 0 Å². The number of aliphatic hydroxyl groups is 1. The number of aromatic nitrogens is 2. The number of hydrogen-bond donors (Lipinski definition) is 2. The molecule has 0 unspecified atom stereocenters. The van der Waals surface area contributed by atoms with Gasteiger partial charge in [0.05, 0.1) is 14.3 Å². The second-order valence-corrected chi connectivity index (χ2v) is 2.21. The minimum atomic E-state index is 0.160. The van der Waals surface area contributed by atoms with E-state index in [1.807, 2.05) is 4.57 Å². The SMILES string of the molecule is [2H]c1cn(CCNCCO)cn1. The van der Waals surface area contributed by atoms with E-state index in [4.69, 9.17) is 6.48 Å². The minimum absolute atomic E-state index is 0.160. The van der Waals surface area contributed by atoms with Crippen molar-refractivity contribution in [1.82, 2.24) is 14.9 Å². The third-order valence-electron chi connectivity index (χ3n) is 1.34. The van der Waals surface area contributed by atoms with Crippen molar-refractivity contribution in [2.24, 2.45) is 0 Å². The topological polar surface area (TPSA) is 50.1 Å². The molecule has 62 valence electrons. The summed E-state index contributed by atoms with van der Waals surface area (Å²) in [6.45, 7) is 2.35. The number of imidazole rings is 1. The van der Waals surface area contributed by atoms with Crippen LogP contribution in [0.25, 0.3) is 0 Å². The zero-order valence-corrected chi connectivity index (χ0v) is 6.32. The van der Waals surface area contributed by atoms with Crippen LogP contribution in [0, 0.1) is 0 Å². The van der Waals surface area contributed by atoms with Crippen molar-refractivity contribution in [3.8, 4) is 0 Å². The van der Waals surface area contributed by atoms with E-state index in [1.165, 1.54) is 0 Å². The van der Waals surface area contributed by atoms with Crippen LogP contribution in [0.15, 0.2) is 18.7 Å². The van der Waals surface area contributed by atoms with Crippen LogP contribution in [-0.4, -0.2) is 34.4 Å². The van der Waals surface area contributed by atoms with Gasteiger partial charge < -0.3 is 15.0 Å². The molecule has 2 N–H and O–H groups in total. The average Bonchev–Trinajstić information content (AvgIpc) is 2.45. The number of rotatable bonds is 5. The lowest BCUT2D eigenvalue weighted by molar-refractivity contribution is 0.291. The molecule has 0 fully saturated rings. The predicted molar refractivity (Wildman–Crippen MR) is 42.2 cm³/mol. The molecular formula is C7H13N3O. The summed E-state index contributed by atoms with van der Waals surface area (Å²) in [4.78, 5) is 3.77. The van der Waals surface area contributed by atoms with Crippen molar-refractivity contribution in [2.45, 2.75) is 6.54 Å². The van der Waals surface area contributed by atoms with Crippen molar-refractivity contribution in [2.75, 3.05) is 19.7 Å². The standard InChI is InChI=1S/C7H13N3O/c11-6-3-8-1-4-10-5-2-9-7-10/h2,5,7-8,11H,1,3-4,6H2/i2D. The molecule has 4 heteroatoms. The van der Waals surface area contributed by atoms with Crippen LogP contribution in [0.4, 0.5) is 0 Å². The number of nitrogens with zero attached hydrogens (tertiary/aromatic N) is 2. The van der Waals surface area contributed by atoms with E-state index in [0.29, 0.717) is 6.54 Å². The molecular weight excluding hydrogens is 142 g/mol. The maximum absolute atomic E-state index is 8.46. The Morgan fingerprint density at radius 1 is 1.64 bits per heavy atom. The molecule has 1 aromatic heterocycles. The van der Waals surface area contributed by atoms with Crippen molar-refractivity contribution in [1.29, 1.82) is 0 Å². The first-order valence-electron chi connectivity index (χ1n) is 4.13. The van der Waals surface area contributed by atoms with E-state index in [2.05, 4.69) is 10.3 Å². The lowest BCUT2D eigenvalue weighted by Gasteiger charge is -2.02. The van der Waals surface area contributed by atoms with Crippen LogP contribution in [0.5, 0.6) is 0 Å². The molecule has 0 saturated carbocycles. The quantitative estimate of drug-likeness (QED) is 0.563. The van der Waals surface area contributed by atoms with Gasteiger partial charge in [-0.15, -0.1) is 0 Å². The Balaban J connectivity index is 2.15. The highest BCUT2D eigenvalue weighted by molar-refractivity contribution is 4.73. The summed E-state index contributed by atoms with van der Waals surface area (Å²) in [5.74, 6) is 0. The van der Waals surface area contributed by atoms with Crippen LogP contribution in [0.3, 0.4) is 0 Å². The fourth-order valence-electron chi connectivity index (χ4n) is 0.783. The van der Waals surface area contributed by atoms with Gasteiger partial charge >= 0.3 is 0 Å². The lowest BCUT2D eigenvalue weighted by atomic mass is 10.5. The molecule has 0 aliphatic heterocycles. The van der Waals surface area contributed by atoms with Crippen LogP contribution in [-0.2, 0) is 6.54 Å². The summed E-state index contributed by atoms with van der Waals surface area (Å²) in [7, 11) is 0. The van der Waals surface area contributed by atoms with Gasteiger partial charge in [0.2, 0.25) is 0 Å². The molecule has 4 nitrogen and oxygen atoms in total. The third-order valence-corrected chi connectivity index (χ3v) is 1.34. The van der Waals surface area contributed by atoms with Crippen molar-refractivity contribution in [3.63, 3.8) is 0 Å². The zero-order chi connectivity index (χ0) is 8.81. The first-order valence-corrected chi connectivity index (χ1v) is 3.63. The van der Waals surface area contributed by atoms with Crippen molar-refractivity contribution >= 4 is 0 Å².